The molecule has 0 fully saturated rings. The standard InChI is InChI=1S/C23H48O3Si/c1-5-6-7-8-9-10-11-12-13-14-15-16-17-18-19-20-21-22-23-27(24-2,25-3)26-4/h22-23H,5-21H2,1-4H3/b23-22+. The molecule has 0 aromatic carbocycles. The molecule has 0 unspecified atom stereocenters. The van der Waals surface area contributed by atoms with Crippen molar-refractivity contribution in [1.29, 1.82) is 0 Å². The van der Waals surface area contributed by atoms with Gasteiger partial charge in [-0.05, 0) is 18.5 Å². The third-order valence-electron chi connectivity index (χ3n) is 5.40. The summed E-state index contributed by atoms with van der Waals surface area (Å²) < 4.78 is 16.1. The Morgan fingerprint density at radius 1 is 0.519 bits per heavy atom. The molecule has 0 atom stereocenters. The molecule has 3 nitrogen and oxygen atoms in total. The van der Waals surface area contributed by atoms with Crippen LogP contribution in [-0.2, 0) is 13.3 Å². The van der Waals surface area contributed by atoms with Crippen molar-refractivity contribution in [2.24, 2.45) is 0 Å². The molecule has 4 heteroatoms. The monoisotopic (exact) mass is 400 g/mol. The Balaban J connectivity index is 3.27. The summed E-state index contributed by atoms with van der Waals surface area (Å²) in [5.74, 6) is 0. The van der Waals surface area contributed by atoms with E-state index in [1.807, 2.05) is 5.70 Å². The van der Waals surface area contributed by atoms with Crippen molar-refractivity contribution in [1.82, 2.24) is 0 Å². The molecule has 162 valence electrons. The molecule has 0 heterocycles. The maximum absolute atomic E-state index is 5.38. The van der Waals surface area contributed by atoms with Gasteiger partial charge in [0.05, 0.1) is 0 Å². The van der Waals surface area contributed by atoms with Crippen LogP contribution in [0.4, 0.5) is 0 Å². The number of rotatable bonds is 21. The molecule has 0 radical (unpaired) electrons. The van der Waals surface area contributed by atoms with E-state index >= 15 is 0 Å². The van der Waals surface area contributed by atoms with Crippen LogP contribution in [0, 0.1) is 0 Å². The van der Waals surface area contributed by atoms with Gasteiger partial charge < -0.3 is 13.3 Å². The number of hydrogen-bond donors (Lipinski definition) is 0. The lowest BCUT2D eigenvalue weighted by atomic mass is 10.0. The van der Waals surface area contributed by atoms with Crippen LogP contribution in [-0.4, -0.2) is 30.1 Å². The lowest BCUT2D eigenvalue weighted by Crippen LogP contribution is -2.40. The summed E-state index contributed by atoms with van der Waals surface area (Å²) in [5.41, 5.74) is 2.00. The highest BCUT2D eigenvalue weighted by molar-refractivity contribution is 6.66. The molecule has 0 aromatic heterocycles. The second kappa shape index (κ2) is 20.6. The van der Waals surface area contributed by atoms with Gasteiger partial charge in [0.25, 0.3) is 0 Å². The summed E-state index contributed by atoms with van der Waals surface area (Å²) in [6.07, 6.45) is 25.8. The molecule has 0 saturated carbocycles. The molecular weight excluding hydrogens is 352 g/mol. The van der Waals surface area contributed by atoms with Gasteiger partial charge >= 0.3 is 8.80 Å². The molecule has 0 aliphatic rings. The van der Waals surface area contributed by atoms with Crippen LogP contribution < -0.4 is 0 Å². The SMILES string of the molecule is CCCCCCCCCCCCCCCCCC/C=C/[Si](OC)(OC)OC. The molecule has 0 N–H and O–H groups in total. The summed E-state index contributed by atoms with van der Waals surface area (Å²) >= 11 is 0. The Labute approximate surface area is 171 Å². The zero-order valence-electron chi connectivity index (χ0n) is 18.9. The van der Waals surface area contributed by atoms with Crippen LogP contribution in [0.3, 0.4) is 0 Å². The Morgan fingerprint density at radius 2 is 0.852 bits per heavy atom. The first kappa shape index (κ1) is 26.8. The predicted molar refractivity (Wildman–Crippen MR) is 120 cm³/mol. The summed E-state index contributed by atoms with van der Waals surface area (Å²) in [5, 5.41) is 0. The second-order valence-corrected chi connectivity index (χ2v) is 10.5. The van der Waals surface area contributed by atoms with Crippen molar-refractivity contribution in [3.05, 3.63) is 11.8 Å². The third kappa shape index (κ3) is 16.5. The van der Waals surface area contributed by atoms with Gasteiger partial charge in [0, 0.05) is 21.3 Å². The molecule has 0 saturated heterocycles. The minimum absolute atomic E-state index is 1.09. The Kier molecular flexibility index (Phi) is 20.4. The smallest absolute Gasteiger partial charge is 0.374 e. The summed E-state index contributed by atoms with van der Waals surface area (Å²) in [6, 6.07) is 0. The Bertz CT molecular complexity index is 308. The van der Waals surface area contributed by atoms with Gasteiger partial charge in [-0.2, -0.15) is 0 Å². The fourth-order valence-electron chi connectivity index (χ4n) is 3.49. The fraction of sp³-hybridized carbons (Fsp3) is 0.913. The molecule has 0 spiro atoms. The van der Waals surface area contributed by atoms with Crippen molar-refractivity contribution in [2.45, 2.75) is 116 Å². The average molecular weight is 401 g/mol. The molecule has 0 aliphatic heterocycles. The van der Waals surface area contributed by atoms with Gasteiger partial charge in [-0.1, -0.05) is 109 Å². The zero-order chi connectivity index (χ0) is 20.1. The fourth-order valence-corrected chi connectivity index (χ4v) is 4.86. The van der Waals surface area contributed by atoms with Crippen molar-refractivity contribution in [3.8, 4) is 0 Å². The second-order valence-electron chi connectivity index (χ2n) is 7.71. The van der Waals surface area contributed by atoms with E-state index in [0.717, 1.165) is 6.42 Å². The molecule has 0 amide bonds. The molecule has 0 aromatic rings. The van der Waals surface area contributed by atoms with E-state index in [-0.39, 0.29) is 0 Å². The van der Waals surface area contributed by atoms with Gasteiger partial charge in [-0.25, -0.2) is 0 Å². The molecule has 0 rings (SSSR count). The van der Waals surface area contributed by atoms with Crippen LogP contribution in [0.15, 0.2) is 11.8 Å². The van der Waals surface area contributed by atoms with Crippen LogP contribution >= 0.6 is 0 Å². The van der Waals surface area contributed by atoms with Crippen LogP contribution in [0.25, 0.3) is 0 Å². The van der Waals surface area contributed by atoms with Crippen LogP contribution in [0.1, 0.15) is 116 Å². The van der Waals surface area contributed by atoms with E-state index in [1.54, 1.807) is 21.3 Å². The molecular formula is C23H48O3Si. The van der Waals surface area contributed by atoms with Gasteiger partial charge in [0.2, 0.25) is 0 Å². The van der Waals surface area contributed by atoms with E-state index in [2.05, 4.69) is 13.0 Å². The summed E-state index contributed by atoms with van der Waals surface area (Å²) in [6.45, 7) is 2.29. The van der Waals surface area contributed by atoms with E-state index < -0.39 is 8.80 Å². The Hall–Kier alpha value is -0.163. The highest BCUT2D eigenvalue weighted by atomic mass is 28.4. The topological polar surface area (TPSA) is 27.7 Å². The van der Waals surface area contributed by atoms with Crippen LogP contribution in [0.2, 0.25) is 0 Å². The van der Waals surface area contributed by atoms with Gasteiger partial charge in [0.15, 0.2) is 0 Å². The van der Waals surface area contributed by atoms with E-state index in [0.29, 0.717) is 0 Å². The first-order chi connectivity index (χ1) is 13.2. The van der Waals surface area contributed by atoms with Crippen molar-refractivity contribution >= 4 is 8.80 Å². The lowest BCUT2D eigenvalue weighted by molar-refractivity contribution is 0.138. The van der Waals surface area contributed by atoms with Crippen molar-refractivity contribution in [2.75, 3.05) is 21.3 Å². The van der Waals surface area contributed by atoms with Crippen molar-refractivity contribution < 1.29 is 13.3 Å². The van der Waals surface area contributed by atoms with Gasteiger partial charge in [-0.3, -0.25) is 0 Å². The van der Waals surface area contributed by atoms with Gasteiger partial charge in [-0.15, -0.1) is 0 Å². The largest absolute Gasteiger partial charge is 0.528 e. The third-order valence-corrected chi connectivity index (χ3v) is 7.75. The number of allylic oxidation sites excluding steroid dienone is 1. The van der Waals surface area contributed by atoms with E-state index in [1.165, 1.54) is 103 Å². The van der Waals surface area contributed by atoms with Crippen LogP contribution in [0.5, 0.6) is 0 Å². The first-order valence-electron chi connectivity index (χ1n) is 11.6. The highest BCUT2D eigenvalue weighted by Gasteiger charge is 2.33. The molecule has 0 bridgehead atoms. The minimum Gasteiger partial charge on any atom is -0.374 e. The first-order valence-corrected chi connectivity index (χ1v) is 13.4. The van der Waals surface area contributed by atoms with Crippen molar-refractivity contribution in [3.63, 3.8) is 0 Å². The summed E-state index contributed by atoms with van der Waals surface area (Å²) in [7, 11) is 2.44. The normalized spacial score (nSPS) is 12.3. The lowest BCUT2D eigenvalue weighted by Gasteiger charge is -2.20. The molecule has 0 aliphatic carbocycles. The quantitative estimate of drug-likeness (QED) is 0.146. The Morgan fingerprint density at radius 3 is 1.19 bits per heavy atom. The highest BCUT2D eigenvalue weighted by Crippen LogP contribution is 2.14. The maximum atomic E-state index is 5.38. The number of unbranched alkanes of at least 4 members (excludes halogenated alkanes) is 16. The predicted octanol–water partition coefficient (Wildman–Crippen LogP) is 7.61. The zero-order valence-corrected chi connectivity index (χ0v) is 19.9. The minimum atomic E-state index is -2.51. The van der Waals surface area contributed by atoms with E-state index in [9.17, 15) is 0 Å². The summed E-state index contributed by atoms with van der Waals surface area (Å²) in [4.78, 5) is 0. The molecule has 27 heavy (non-hydrogen) atoms. The van der Waals surface area contributed by atoms with E-state index in [4.69, 9.17) is 13.3 Å². The van der Waals surface area contributed by atoms with Gasteiger partial charge in [0.1, 0.15) is 0 Å². The maximum Gasteiger partial charge on any atom is 0.528 e. The average Bonchev–Trinajstić information content (AvgIpc) is 2.70. The number of hydrogen-bond acceptors (Lipinski definition) is 3.